The van der Waals surface area contributed by atoms with Gasteiger partial charge in [-0.05, 0) is 37.6 Å². The van der Waals surface area contributed by atoms with Gasteiger partial charge in [-0.3, -0.25) is 4.79 Å². The maximum atomic E-state index is 12.6. The van der Waals surface area contributed by atoms with E-state index in [4.69, 9.17) is 0 Å². The Morgan fingerprint density at radius 1 is 0.955 bits per heavy atom. The molecule has 0 aliphatic carbocycles. The second kappa shape index (κ2) is 6.13. The van der Waals surface area contributed by atoms with Gasteiger partial charge in [0.1, 0.15) is 0 Å². The SMILES string of the molecule is Cc1ccc(N2CCN(C(=O)c3ccccc3C)CC2)nn1. The lowest BCUT2D eigenvalue weighted by atomic mass is 10.1. The van der Waals surface area contributed by atoms with Gasteiger partial charge < -0.3 is 9.80 Å². The van der Waals surface area contributed by atoms with Crippen molar-refractivity contribution in [3.8, 4) is 0 Å². The van der Waals surface area contributed by atoms with Gasteiger partial charge in [0.2, 0.25) is 0 Å². The minimum atomic E-state index is 0.118. The maximum absolute atomic E-state index is 12.6. The van der Waals surface area contributed by atoms with Crippen LogP contribution in [0, 0.1) is 13.8 Å². The summed E-state index contributed by atoms with van der Waals surface area (Å²) in [4.78, 5) is 16.7. The maximum Gasteiger partial charge on any atom is 0.254 e. The first-order valence-electron chi connectivity index (χ1n) is 7.55. The number of carbonyl (C=O) groups excluding carboxylic acids is 1. The molecule has 1 aromatic carbocycles. The molecule has 0 spiro atoms. The fourth-order valence-electron chi connectivity index (χ4n) is 2.68. The predicted octanol–water partition coefficient (Wildman–Crippen LogP) is 2.06. The van der Waals surface area contributed by atoms with E-state index in [1.165, 1.54) is 0 Å². The zero-order valence-electron chi connectivity index (χ0n) is 13.0. The van der Waals surface area contributed by atoms with E-state index in [1.54, 1.807) is 0 Å². The molecule has 2 heterocycles. The van der Waals surface area contributed by atoms with Gasteiger partial charge >= 0.3 is 0 Å². The molecule has 1 aliphatic heterocycles. The molecule has 0 bridgehead atoms. The summed E-state index contributed by atoms with van der Waals surface area (Å²) in [6.45, 7) is 6.90. The number of piperazine rings is 1. The van der Waals surface area contributed by atoms with Gasteiger partial charge in [-0.2, -0.15) is 5.10 Å². The number of aromatic nitrogens is 2. The molecule has 22 heavy (non-hydrogen) atoms. The van der Waals surface area contributed by atoms with Gasteiger partial charge in [0.05, 0.1) is 5.69 Å². The zero-order valence-corrected chi connectivity index (χ0v) is 13.0. The molecule has 0 atom stereocenters. The van der Waals surface area contributed by atoms with E-state index in [9.17, 15) is 4.79 Å². The third-order valence-electron chi connectivity index (χ3n) is 4.05. The Kier molecular flexibility index (Phi) is 4.04. The first-order valence-corrected chi connectivity index (χ1v) is 7.55. The van der Waals surface area contributed by atoms with Crippen molar-refractivity contribution >= 4 is 11.7 Å². The van der Waals surface area contributed by atoms with Gasteiger partial charge in [-0.25, -0.2) is 0 Å². The summed E-state index contributed by atoms with van der Waals surface area (Å²) in [6, 6.07) is 11.7. The van der Waals surface area contributed by atoms with Crippen molar-refractivity contribution in [1.82, 2.24) is 15.1 Å². The number of carbonyl (C=O) groups is 1. The minimum Gasteiger partial charge on any atom is -0.352 e. The highest BCUT2D eigenvalue weighted by atomic mass is 16.2. The summed E-state index contributed by atoms with van der Waals surface area (Å²) >= 11 is 0. The van der Waals surface area contributed by atoms with Crippen molar-refractivity contribution in [2.45, 2.75) is 13.8 Å². The lowest BCUT2D eigenvalue weighted by molar-refractivity contribution is 0.0746. The summed E-state index contributed by atoms with van der Waals surface area (Å²) in [7, 11) is 0. The average molecular weight is 296 g/mol. The van der Waals surface area contributed by atoms with Crippen LogP contribution in [0.5, 0.6) is 0 Å². The van der Waals surface area contributed by atoms with Crippen molar-refractivity contribution in [3.05, 3.63) is 53.2 Å². The van der Waals surface area contributed by atoms with E-state index in [2.05, 4.69) is 15.1 Å². The molecule has 5 heteroatoms. The van der Waals surface area contributed by atoms with Gasteiger partial charge in [0.15, 0.2) is 5.82 Å². The molecule has 114 valence electrons. The number of amides is 1. The molecule has 2 aromatic rings. The summed E-state index contributed by atoms with van der Waals surface area (Å²) in [5.74, 6) is 1.00. The van der Waals surface area contributed by atoms with Crippen LogP contribution in [-0.4, -0.2) is 47.2 Å². The van der Waals surface area contributed by atoms with Crippen molar-refractivity contribution < 1.29 is 4.79 Å². The second-order valence-corrected chi connectivity index (χ2v) is 5.63. The highest BCUT2D eigenvalue weighted by Crippen LogP contribution is 2.16. The smallest absolute Gasteiger partial charge is 0.254 e. The Morgan fingerprint density at radius 3 is 2.32 bits per heavy atom. The average Bonchev–Trinajstić information content (AvgIpc) is 2.56. The molecule has 0 saturated carbocycles. The monoisotopic (exact) mass is 296 g/mol. The first-order chi connectivity index (χ1) is 10.6. The highest BCUT2D eigenvalue weighted by Gasteiger charge is 2.23. The van der Waals surface area contributed by atoms with Gasteiger partial charge in [0.25, 0.3) is 5.91 Å². The fraction of sp³-hybridized carbons (Fsp3) is 0.353. The number of nitrogens with zero attached hydrogens (tertiary/aromatic N) is 4. The highest BCUT2D eigenvalue weighted by molar-refractivity contribution is 5.95. The quantitative estimate of drug-likeness (QED) is 0.851. The third-order valence-corrected chi connectivity index (χ3v) is 4.05. The number of anilines is 1. The topological polar surface area (TPSA) is 49.3 Å². The third kappa shape index (κ3) is 2.93. The lowest BCUT2D eigenvalue weighted by Gasteiger charge is -2.35. The van der Waals surface area contributed by atoms with Crippen molar-refractivity contribution in [2.75, 3.05) is 31.1 Å². The van der Waals surface area contributed by atoms with Crippen LogP contribution in [0.2, 0.25) is 0 Å². The Hall–Kier alpha value is -2.43. The standard InChI is InChI=1S/C17H20N4O/c1-13-5-3-4-6-15(13)17(22)21-11-9-20(10-12-21)16-8-7-14(2)18-19-16/h3-8H,9-12H2,1-2H3. The van der Waals surface area contributed by atoms with Crippen molar-refractivity contribution in [1.29, 1.82) is 0 Å². The van der Waals surface area contributed by atoms with Crippen LogP contribution < -0.4 is 4.90 Å². The predicted molar refractivity (Wildman–Crippen MR) is 86.1 cm³/mol. The molecule has 1 saturated heterocycles. The summed E-state index contributed by atoms with van der Waals surface area (Å²) in [5.41, 5.74) is 2.74. The molecular formula is C17H20N4O. The van der Waals surface area contributed by atoms with E-state index < -0.39 is 0 Å². The molecular weight excluding hydrogens is 276 g/mol. The summed E-state index contributed by atoms with van der Waals surface area (Å²) < 4.78 is 0. The van der Waals surface area contributed by atoms with E-state index in [-0.39, 0.29) is 5.91 Å². The molecule has 5 nitrogen and oxygen atoms in total. The van der Waals surface area contributed by atoms with Crippen LogP contribution in [0.1, 0.15) is 21.6 Å². The Balaban J connectivity index is 1.65. The largest absolute Gasteiger partial charge is 0.352 e. The minimum absolute atomic E-state index is 0.118. The molecule has 0 unspecified atom stereocenters. The Labute approximate surface area is 130 Å². The van der Waals surface area contributed by atoms with Crippen LogP contribution in [0.25, 0.3) is 0 Å². The van der Waals surface area contributed by atoms with Crippen molar-refractivity contribution in [3.63, 3.8) is 0 Å². The van der Waals surface area contributed by atoms with Crippen LogP contribution >= 0.6 is 0 Å². The van der Waals surface area contributed by atoms with E-state index in [1.807, 2.05) is 55.1 Å². The molecule has 1 fully saturated rings. The van der Waals surface area contributed by atoms with Crippen LogP contribution in [0.15, 0.2) is 36.4 Å². The number of hydrogen-bond acceptors (Lipinski definition) is 4. The van der Waals surface area contributed by atoms with Crippen LogP contribution in [0.4, 0.5) is 5.82 Å². The molecule has 0 radical (unpaired) electrons. The molecule has 1 amide bonds. The number of hydrogen-bond donors (Lipinski definition) is 0. The number of aryl methyl sites for hydroxylation is 2. The molecule has 1 aromatic heterocycles. The Bertz CT molecular complexity index is 661. The number of benzene rings is 1. The molecule has 1 aliphatic rings. The van der Waals surface area contributed by atoms with Gasteiger partial charge in [-0.1, -0.05) is 18.2 Å². The van der Waals surface area contributed by atoms with Crippen molar-refractivity contribution in [2.24, 2.45) is 0 Å². The summed E-state index contributed by atoms with van der Waals surface area (Å²) in [6.07, 6.45) is 0. The van der Waals surface area contributed by atoms with E-state index >= 15 is 0 Å². The van der Waals surface area contributed by atoms with E-state index in [0.29, 0.717) is 13.1 Å². The normalized spacial score (nSPS) is 15.0. The van der Waals surface area contributed by atoms with E-state index in [0.717, 1.165) is 35.7 Å². The fourth-order valence-corrected chi connectivity index (χ4v) is 2.68. The number of rotatable bonds is 2. The molecule has 3 rings (SSSR count). The molecule has 0 N–H and O–H groups in total. The zero-order chi connectivity index (χ0) is 15.5. The first kappa shape index (κ1) is 14.5. The van der Waals surface area contributed by atoms with Gasteiger partial charge in [0, 0.05) is 31.7 Å². The second-order valence-electron chi connectivity index (χ2n) is 5.63. The Morgan fingerprint density at radius 2 is 1.68 bits per heavy atom. The van der Waals surface area contributed by atoms with Gasteiger partial charge in [-0.15, -0.1) is 5.10 Å². The van der Waals surface area contributed by atoms with Crippen LogP contribution in [0.3, 0.4) is 0 Å². The van der Waals surface area contributed by atoms with Crippen LogP contribution in [-0.2, 0) is 0 Å². The summed E-state index contributed by atoms with van der Waals surface area (Å²) in [5, 5.41) is 8.31. The lowest BCUT2D eigenvalue weighted by Crippen LogP contribution is -2.49.